The quantitative estimate of drug-likeness (QED) is 0.367. The monoisotopic (exact) mass is 390 g/mol. The molecule has 6 heteroatoms. The second kappa shape index (κ2) is 18.2. The summed E-state index contributed by atoms with van der Waals surface area (Å²) in [6.07, 6.45) is 17.2. The summed E-state index contributed by atoms with van der Waals surface area (Å²) in [5.74, 6) is -0.000275. The molecule has 1 atom stereocenters. The zero-order chi connectivity index (χ0) is 21.9. The largest absolute Gasteiger partial charge is 0.334 e. The van der Waals surface area contributed by atoms with Crippen molar-refractivity contribution in [2.24, 2.45) is 5.73 Å². The van der Waals surface area contributed by atoms with Gasteiger partial charge < -0.3 is 20.3 Å². The van der Waals surface area contributed by atoms with Crippen LogP contribution in [0.1, 0.15) is 20.3 Å². The van der Waals surface area contributed by atoms with Crippen LogP contribution < -0.4 is 5.73 Å². The van der Waals surface area contributed by atoms with Gasteiger partial charge in [0.25, 0.3) is 0 Å². The molecule has 0 aromatic rings. The predicted octanol–water partition coefficient (Wildman–Crippen LogP) is 1.55. The number of rotatable bonds is 9. The van der Waals surface area contributed by atoms with E-state index in [1.165, 1.54) is 7.05 Å². The van der Waals surface area contributed by atoms with E-state index < -0.39 is 0 Å². The maximum absolute atomic E-state index is 13.2. The van der Waals surface area contributed by atoms with Gasteiger partial charge in [-0.2, -0.15) is 0 Å². The minimum absolute atomic E-state index is 0.000275. The molecule has 1 aliphatic rings. The van der Waals surface area contributed by atoms with Crippen molar-refractivity contribution in [1.82, 2.24) is 14.7 Å². The lowest BCUT2D eigenvalue weighted by Gasteiger charge is -2.39. The average Bonchev–Trinajstić information content (AvgIpc) is 2.72. The maximum Gasteiger partial charge on any atom is 0.244 e. The van der Waals surface area contributed by atoms with Gasteiger partial charge in [0.2, 0.25) is 5.91 Å². The summed E-state index contributed by atoms with van der Waals surface area (Å²) in [5.41, 5.74) is 5.43. The normalized spacial score (nSPS) is 16.2. The third-order valence-corrected chi connectivity index (χ3v) is 4.22. The van der Waals surface area contributed by atoms with Crippen LogP contribution in [0.25, 0.3) is 0 Å². The van der Waals surface area contributed by atoms with E-state index in [0.29, 0.717) is 6.54 Å². The number of amides is 1. The van der Waals surface area contributed by atoms with Crippen LogP contribution >= 0.6 is 0 Å². The van der Waals surface area contributed by atoms with Crippen molar-refractivity contribution < 1.29 is 9.59 Å². The fraction of sp³-hybridized carbons (Fsp3) is 0.545. The Hall–Kier alpha value is -2.20. The van der Waals surface area contributed by atoms with Gasteiger partial charge in [-0.25, -0.2) is 0 Å². The minimum atomic E-state index is -0.362. The zero-order valence-electron chi connectivity index (χ0n) is 18.0. The zero-order valence-corrected chi connectivity index (χ0v) is 18.0. The van der Waals surface area contributed by atoms with Crippen molar-refractivity contribution in [3.05, 3.63) is 36.5 Å². The standard InChI is InChI=1S/C19H31N3O2.C2H2.CH5N/c1-5-8-17(9-6-2)18(21-13-11-20(4)12-14-21)19(24)22(10-7-3)15-16-23;2*1-2/h5-6,8-9,16,18H,1,7,10-15H2,2-4H3;1-2H;2H2,1H3/b9-6-,17-8+;;. The van der Waals surface area contributed by atoms with E-state index in [4.69, 9.17) is 0 Å². The topological polar surface area (TPSA) is 69.9 Å². The van der Waals surface area contributed by atoms with Crippen molar-refractivity contribution in [1.29, 1.82) is 0 Å². The summed E-state index contributed by atoms with van der Waals surface area (Å²) in [7, 11) is 3.59. The molecule has 0 radical (unpaired) electrons. The van der Waals surface area contributed by atoms with Crippen LogP contribution in [0.2, 0.25) is 0 Å². The first-order chi connectivity index (χ1) is 13.6. The van der Waals surface area contributed by atoms with Crippen molar-refractivity contribution >= 4 is 12.2 Å². The lowest BCUT2D eigenvalue weighted by molar-refractivity contribution is -0.137. The molecular formula is C22H38N4O2. The molecule has 0 aromatic carbocycles. The Morgan fingerprint density at radius 1 is 1.25 bits per heavy atom. The number of terminal acetylenes is 1. The second-order valence-electron chi connectivity index (χ2n) is 6.10. The Morgan fingerprint density at radius 3 is 2.25 bits per heavy atom. The van der Waals surface area contributed by atoms with Gasteiger partial charge in [-0.15, -0.1) is 12.8 Å². The number of carbonyl (C=O) groups is 2. The number of hydrogen-bond donors (Lipinski definition) is 1. The van der Waals surface area contributed by atoms with E-state index in [1.54, 1.807) is 11.0 Å². The average molecular weight is 391 g/mol. The molecule has 1 heterocycles. The van der Waals surface area contributed by atoms with E-state index in [9.17, 15) is 9.59 Å². The third-order valence-electron chi connectivity index (χ3n) is 4.22. The van der Waals surface area contributed by atoms with Gasteiger partial charge in [0.05, 0.1) is 6.54 Å². The summed E-state index contributed by atoms with van der Waals surface area (Å²) >= 11 is 0. The number of allylic oxidation sites excluding steroid dienone is 3. The first kappa shape index (κ1) is 28.0. The SMILES string of the molecule is C#C.C=C/C=C(\C=C/C)C(C(=O)N(CC=O)CCC)N1CCN(C)CC1.CN. The van der Waals surface area contributed by atoms with Crippen molar-refractivity contribution in [3.8, 4) is 12.8 Å². The number of carbonyl (C=O) groups excluding carboxylic acids is 2. The number of likely N-dealkylation sites (N-methyl/N-ethyl adjacent to an activating group) is 1. The van der Waals surface area contributed by atoms with Crippen LogP contribution in [-0.4, -0.2) is 86.3 Å². The first-order valence-corrected chi connectivity index (χ1v) is 9.60. The fourth-order valence-electron chi connectivity index (χ4n) is 2.98. The molecule has 6 nitrogen and oxygen atoms in total. The molecular weight excluding hydrogens is 352 g/mol. The summed E-state index contributed by atoms with van der Waals surface area (Å²) < 4.78 is 0. The number of nitrogens with zero attached hydrogens (tertiary/aromatic N) is 3. The highest BCUT2D eigenvalue weighted by Crippen LogP contribution is 2.18. The van der Waals surface area contributed by atoms with Crippen LogP contribution in [0.15, 0.2) is 36.5 Å². The van der Waals surface area contributed by atoms with Gasteiger partial charge in [0.15, 0.2) is 0 Å². The highest BCUT2D eigenvalue weighted by atomic mass is 16.2. The molecule has 0 bridgehead atoms. The summed E-state index contributed by atoms with van der Waals surface area (Å²) in [6.45, 7) is 12.0. The first-order valence-electron chi connectivity index (χ1n) is 9.60. The Morgan fingerprint density at radius 2 is 1.82 bits per heavy atom. The van der Waals surface area contributed by atoms with Gasteiger partial charge in [0.1, 0.15) is 12.3 Å². The smallest absolute Gasteiger partial charge is 0.244 e. The lowest BCUT2D eigenvalue weighted by Crippen LogP contribution is -2.55. The highest BCUT2D eigenvalue weighted by Gasteiger charge is 2.33. The van der Waals surface area contributed by atoms with Crippen LogP contribution in [0.5, 0.6) is 0 Å². The molecule has 158 valence electrons. The van der Waals surface area contributed by atoms with E-state index in [-0.39, 0.29) is 18.5 Å². The lowest BCUT2D eigenvalue weighted by atomic mass is 10.0. The van der Waals surface area contributed by atoms with E-state index in [2.05, 4.69) is 42.0 Å². The van der Waals surface area contributed by atoms with Crippen LogP contribution in [0, 0.1) is 12.8 Å². The van der Waals surface area contributed by atoms with Gasteiger partial charge in [0, 0.05) is 32.7 Å². The number of hydrogen-bond acceptors (Lipinski definition) is 5. The Kier molecular flexibility index (Phi) is 18.2. The third kappa shape index (κ3) is 9.65. The molecule has 1 amide bonds. The van der Waals surface area contributed by atoms with Crippen LogP contribution in [-0.2, 0) is 9.59 Å². The van der Waals surface area contributed by atoms with Crippen LogP contribution in [0.4, 0.5) is 0 Å². The maximum atomic E-state index is 13.2. The van der Waals surface area contributed by atoms with E-state index in [0.717, 1.165) is 44.5 Å². The fourth-order valence-corrected chi connectivity index (χ4v) is 2.98. The molecule has 0 saturated carbocycles. The molecule has 2 N–H and O–H groups in total. The number of aldehydes is 1. The molecule has 1 unspecified atom stereocenters. The van der Waals surface area contributed by atoms with E-state index in [1.807, 2.05) is 32.1 Å². The molecule has 1 rings (SSSR count). The molecule has 28 heavy (non-hydrogen) atoms. The van der Waals surface area contributed by atoms with E-state index >= 15 is 0 Å². The van der Waals surface area contributed by atoms with Crippen molar-refractivity contribution in [2.45, 2.75) is 26.3 Å². The van der Waals surface area contributed by atoms with Gasteiger partial charge in [-0.05, 0) is 33.0 Å². The predicted molar refractivity (Wildman–Crippen MR) is 119 cm³/mol. The highest BCUT2D eigenvalue weighted by molar-refractivity contribution is 5.87. The molecule has 0 aromatic heterocycles. The van der Waals surface area contributed by atoms with Gasteiger partial charge in [-0.3, -0.25) is 9.69 Å². The number of nitrogens with two attached hydrogens (primary N) is 1. The summed E-state index contributed by atoms with van der Waals surface area (Å²) in [5, 5.41) is 0. The molecule has 1 fully saturated rings. The number of piperazine rings is 1. The van der Waals surface area contributed by atoms with Gasteiger partial charge >= 0.3 is 0 Å². The Labute approximate surface area is 171 Å². The molecule has 0 spiro atoms. The Bertz CT molecular complexity index is 518. The summed E-state index contributed by atoms with van der Waals surface area (Å²) in [6, 6.07) is -0.362. The minimum Gasteiger partial charge on any atom is -0.334 e. The Balaban J connectivity index is 0. The van der Waals surface area contributed by atoms with Crippen molar-refractivity contribution in [3.63, 3.8) is 0 Å². The van der Waals surface area contributed by atoms with Gasteiger partial charge in [-0.1, -0.05) is 37.8 Å². The second-order valence-corrected chi connectivity index (χ2v) is 6.10. The van der Waals surface area contributed by atoms with Crippen molar-refractivity contribution in [2.75, 3.05) is 53.4 Å². The molecule has 0 aliphatic carbocycles. The molecule has 1 saturated heterocycles. The summed E-state index contributed by atoms with van der Waals surface area (Å²) in [4.78, 5) is 30.3. The van der Waals surface area contributed by atoms with Crippen LogP contribution in [0.3, 0.4) is 0 Å². The molecule has 1 aliphatic heterocycles.